The van der Waals surface area contributed by atoms with Crippen LogP contribution in [0.1, 0.15) is 0 Å². The Morgan fingerprint density at radius 2 is 0.958 bits per heavy atom. The second-order valence-electron chi connectivity index (χ2n) is 6.17. The second-order valence-corrected chi connectivity index (χ2v) is 6.17. The number of nitrogens with zero attached hydrogens (tertiary/aromatic N) is 4. The lowest BCUT2D eigenvalue weighted by molar-refractivity contribution is 1.13. The number of hydrogen-bond donors (Lipinski definition) is 0. The molecule has 0 aliphatic heterocycles. The standard InChI is InChI=1S/C20H22N4/c1-23(2)17-9-5-15(6-10-17)19-13-20(22-14-21-19)16-7-11-18(12-8-16)24(3)4/h5-14H,1-4H3. The molecule has 0 unspecified atom stereocenters. The third-order valence-electron chi connectivity index (χ3n) is 4.03. The van der Waals surface area contributed by atoms with Crippen LogP contribution in [0, 0.1) is 0 Å². The van der Waals surface area contributed by atoms with Crippen LogP contribution in [0.15, 0.2) is 60.9 Å². The van der Waals surface area contributed by atoms with Crippen LogP contribution in [0.5, 0.6) is 0 Å². The summed E-state index contributed by atoms with van der Waals surface area (Å²) in [5.41, 5.74) is 6.40. The van der Waals surface area contributed by atoms with Gasteiger partial charge in [-0.2, -0.15) is 0 Å². The molecule has 4 nitrogen and oxygen atoms in total. The van der Waals surface area contributed by atoms with Crippen LogP contribution < -0.4 is 9.80 Å². The van der Waals surface area contributed by atoms with Gasteiger partial charge in [-0.1, -0.05) is 24.3 Å². The van der Waals surface area contributed by atoms with Crippen molar-refractivity contribution in [3.63, 3.8) is 0 Å². The molecule has 0 bridgehead atoms. The highest BCUT2D eigenvalue weighted by Crippen LogP contribution is 2.25. The Bertz CT molecular complexity index is 739. The van der Waals surface area contributed by atoms with Gasteiger partial charge in [-0.05, 0) is 30.3 Å². The summed E-state index contributed by atoms with van der Waals surface area (Å²) >= 11 is 0. The van der Waals surface area contributed by atoms with Crippen LogP contribution in [-0.2, 0) is 0 Å². The van der Waals surface area contributed by atoms with Gasteiger partial charge in [0, 0.05) is 50.7 Å². The third kappa shape index (κ3) is 3.38. The van der Waals surface area contributed by atoms with Gasteiger partial charge >= 0.3 is 0 Å². The number of hydrogen-bond acceptors (Lipinski definition) is 4. The molecule has 0 fully saturated rings. The van der Waals surface area contributed by atoms with Crippen LogP contribution >= 0.6 is 0 Å². The molecular formula is C20H22N4. The minimum absolute atomic E-state index is 0.932. The molecule has 1 aromatic heterocycles. The predicted octanol–water partition coefficient (Wildman–Crippen LogP) is 3.94. The molecular weight excluding hydrogens is 296 g/mol. The fourth-order valence-corrected chi connectivity index (χ4v) is 2.53. The number of anilines is 2. The second kappa shape index (κ2) is 6.71. The minimum atomic E-state index is 0.932. The SMILES string of the molecule is CN(C)c1ccc(-c2cc(-c3ccc(N(C)C)cc3)ncn2)cc1. The fraction of sp³-hybridized carbons (Fsp3) is 0.200. The molecule has 3 rings (SSSR count). The molecule has 3 aromatic rings. The monoisotopic (exact) mass is 318 g/mol. The third-order valence-corrected chi connectivity index (χ3v) is 4.03. The lowest BCUT2D eigenvalue weighted by Crippen LogP contribution is -2.08. The molecule has 0 aliphatic rings. The number of rotatable bonds is 4. The van der Waals surface area contributed by atoms with E-state index in [4.69, 9.17) is 0 Å². The van der Waals surface area contributed by atoms with Gasteiger partial charge in [0.1, 0.15) is 6.33 Å². The molecule has 0 radical (unpaired) electrons. The van der Waals surface area contributed by atoms with Gasteiger partial charge in [-0.3, -0.25) is 0 Å². The molecule has 1 heterocycles. The largest absolute Gasteiger partial charge is 0.378 e. The first-order chi connectivity index (χ1) is 11.5. The number of aromatic nitrogens is 2. The zero-order valence-electron chi connectivity index (χ0n) is 14.6. The smallest absolute Gasteiger partial charge is 0.116 e. The van der Waals surface area contributed by atoms with E-state index in [1.807, 2.05) is 34.3 Å². The van der Waals surface area contributed by atoms with Crippen molar-refractivity contribution < 1.29 is 0 Å². The lowest BCUT2D eigenvalue weighted by Gasteiger charge is -2.13. The van der Waals surface area contributed by atoms with Crippen molar-refractivity contribution in [1.29, 1.82) is 0 Å². The van der Waals surface area contributed by atoms with Gasteiger partial charge < -0.3 is 9.80 Å². The zero-order valence-corrected chi connectivity index (χ0v) is 14.6. The van der Waals surface area contributed by atoms with Crippen molar-refractivity contribution in [1.82, 2.24) is 9.97 Å². The number of benzene rings is 2. The average molecular weight is 318 g/mol. The lowest BCUT2D eigenvalue weighted by atomic mass is 10.1. The van der Waals surface area contributed by atoms with Gasteiger partial charge in [0.05, 0.1) is 11.4 Å². The molecule has 0 saturated carbocycles. The van der Waals surface area contributed by atoms with Gasteiger partial charge in [-0.15, -0.1) is 0 Å². The highest BCUT2D eigenvalue weighted by molar-refractivity contribution is 5.70. The van der Waals surface area contributed by atoms with Gasteiger partial charge in [0.2, 0.25) is 0 Å². The Balaban J connectivity index is 1.91. The maximum Gasteiger partial charge on any atom is 0.116 e. The van der Waals surface area contributed by atoms with E-state index in [-0.39, 0.29) is 0 Å². The quantitative estimate of drug-likeness (QED) is 0.729. The first-order valence-electron chi connectivity index (χ1n) is 7.92. The van der Waals surface area contributed by atoms with Gasteiger partial charge in [-0.25, -0.2) is 9.97 Å². The molecule has 122 valence electrons. The minimum Gasteiger partial charge on any atom is -0.378 e. The Kier molecular flexibility index (Phi) is 4.47. The molecule has 0 aliphatic carbocycles. The molecule has 0 saturated heterocycles. The van der Waals surface area contributed by atoms with Crippen molar-refractivity contribution in [2.45, 2.75) is 0 Å². The molecule has 0 amide bonds. The molecule has 0 spiro atoms. The van der Waals surface area contributed by atoms with E-state index < -0.39 is 0 Å². The van der Waals surface area contributed by atoms with Crippen LogP contribution in [0.4, 0.5) is 11.4 Å². The summed E-state index contributed by atoms with van der Waals surface area (Å²) in [5.74, 6) is 0. The normalized spacial score (nSPS) is 10.5. The van der Waals surface area contributed by atoms with Gasteiger partial charge in [0.15, 0.2) is 0 Å². The first kappa shape index (κ1) is 16.0. The zero-order chi connectivity index (χ0) is 17.1. The van der Waals surface area contributed by atoms with E-state index in [0.29, 0.717) is 0 Å². The van der Waals surface area contributed by atoms with Crippen molar-refractivity contribution in [2.75, 3.05) is 38.0 Å². The van der Waals surface area contributed by atoms with Crippen LogP contribution in [0.3, 0.4) is 0 Å². The molecule has 4 heteroatoms. The molecule has 0 N–H and O–H groups in total. The van der Waals surface area contributed by atoms with E-state index in [2.05, 4.69) is 68.3 Å². The predicted molar refractivity (Wildman–Crippen MR) is 102 cm³/mol. The Hall–Kier alpha value is -2.88. The Morgan fingerprint density at radius 3 is 1.29 bits per heavy atom. The maximum absolute atomic E-state index is 4.42. The summed E-state index contributed by atoms with van der Waals surface area (Å²) in [6, 6.07) is 18.8. The summed E-state index contributed by atoms with van der Waals surface area (Å²) < 4.78 is 0. The van der Waals surface area contributed by atoms with Crippen molar-refractivity contribution in [3.05, 3.63) is 60.9 Å². The maximum atomic E-state index is 4.42. The van der Waals surface area contributed by atoms with Crippen LogP contribution in [0.25, 0.3) is 22.5 Å². The topological polar surface area (TPSA) is 32.3 Å². The van der Waals surface area contributed by atoms with E-state index in [9.17, 15) is 0 Å². The summed E-state index contributed by atoms with van der Waals surface area (Å²) in [4.78, 5) is 13.0. The highest BCUT2D eigenvalue weighted by atomic mass is 15.1. The summed E-state index contributed by atoms with van der Waals surface area (Å²) in [5, 5.41) is 0. The van der Waals surface area contributed by atoms with Crippen molar-refractivity contribution in [3.8, 4) is 22.5 Å². The fourth-order valence-electron chi connectivity index (χ4n) is 2.53. The van der Waals surface area contributed by atoms with E-state index in [0.717, 1.165) is 22.5 Å². The van der Waals surface area contributed by atoms with E-state index in [1.165, 1.54) is 11.4 Å². The van der Waals surface area contributed by atoms with Crippen LogP contribution in [-0.4, -0.2) is 38.2 Å². The van der Waals surface area contributed by atoms with E-state index in [1.54, 1.807) is 6.33 Å². The first-order valence-corrected chi connectivity index (χ1v) is 7.92. The summed E-state index contributed by atoms with van der Waals surface area (Å²) in [6.45, 7) is 0. The summed E-state index contributed by atoms with van der Waals surface area (Å²) in [7, 11) is 8.15. The van der Waals surface area contributed by atoms with Crippen molar-refractivity contribution in [2.24, 2.45) is 0 Å². The summed E-state index contributed by atoms with van der Waals surface area (Å²) in [6.07, 6.45) is 1.63. The molecule has 0 atom stereocenters. The molecule has 24 heavy (non-hydrogen) atoms. The van der Waals surface area contributed by atoms with Crippen molar-refractivity contribution >= 4 is 11.4 Å². The van der Waals surface area contributed by atoms with Crippen LogP contribution in [0.2, 0.25) is 0 Å². The Morgan fingerprint density at radius 1 is 0.583 bits per heavy atom. The Labute approximate surface area is 143 Å². The molecule has 2 aromatic carbocycles. The highest BCUT2D eigenvalue weighted by Gasteiger charge is 2.05. The van der Waals surface area contributed by atoms with Gasteiger partial charge in [0.25, 0.3) is 0 Å². The average Bonchev–Trinajstić information content (AvgIpc) is 2.62. The van der Waals surface area contributed by atoms with E-state index >= 15 is 0 Å².